The average Bonchev–Trinajstić information content (AvgIpc) is 1.57. The quantitative estimate of drug-likeness (QED) is 0.00582. The summed E-state index contributed by atoms with van der Waals surface area (Å²) in [6.07, 6.45) is 21.2. The average molecular weight is 1850 g/mol. The van der Waals surface area contributed by atoms with Gasteiger partial charge in [-0.3, -0.25) is 17.5 Å². The van der Waals surface area contributed by atoms with E-state index in [0.29, 0.717) is 142 Å². The predicted octanol–water partition coefficient (Wildman–Crippen LogP) is 14.9. The number of fused-ring (bicyclic) bond motifs is 2. The van der Waals surface area contributed by atoms with Crippen molar-refractivity contribution in [1.29, 1.82) is 0 Å². The van der Waals surface area contributed by atoms with E-state index in [0.717, 1.165) is 111 Å². The van der Waals surface area contributed by atoms with Crippen LogP contribution in [0.2, 0.25) is 0 Å². The van der Waals surface area contributed by atoms with E-state index in [1.165, 1.54) is 48.6 Å². The standard InChI is InChI=1S/C18H23NO4S.C17H20N2O4S.C16H18N2O4S.C13H15NO2.C11H13ClO3S.C7H15ClO3S.CH3.Pd/c1-4-12-6-7-14-15(12)10-13(17(20)23-3)11-16(14)19-24(21,22)18(5-2)8-9-18;1-4-11-9-19-10-17(5-6-17)24(21,22)18(2)14-8-12(16(20)23-3)7-13(11)15(14)19;1-3-10-8-18-9-16(4-5-16)23(21,22)17(2)13-7-11(15(19)20)6-12(10)14(13)18;1-3-8-4-5-10-11(8)6-9(7-12(10)14)13(15)16-2;12-16(13,14)11(6-7-11)9-15-8-10-4-2-1-3-5-10;1-2-3-6-11-12(9,10)7-4-5-8;;/h6,10-11,19H,4-5,7-9H2,1-3H3;7-9H,4-6,10H2,1-3H3;6-8H,3-5,9H2,1-2H3,(H,19,20);4,6-7H,3,5,14H2,1-2H3;1-5H,6-9H2;2-7H2,1H3;1H3;/q;;;;;;-1;. The van der Waals surface area contributed by atoms with Gasteiger partial charge in [0, 0.05) is 93.0 Å². The molecule has 0 bridgehead atoms. The van der Waals surface area contributed by atoms with Gasteiger partial charge in [-0.25, -0.2) is 52.8 Å². The number of esters is 3. The minimum Gasteiger partial charge on any atom is -0.478 e. The van der Waals surface area contributed by atoms with Crippen molar-refractivity contribution >= 4 is 151 Å². The first kappa shape index (κ1) is 95.1. The van der Waals surface area contributed by atoms with Crippen LogP contribution in [-0.2, 0) is 138 Å². The van der Waals surface area contributed by atoms with E-state index in [4.69, 9.17) is 47.0 Å². The summed E-state index contributed by atoms with van der Waals surface area (Å²) >= 11 is 5.35. The fraction of sp³-hybridized carbons (Fsp3) is 0.482. The summed E-state index contributed by atoms with van der Waals surface area (Å²) in [6.45, 7) is 13.9. The number of benzene rings is 5. The Morgan fingerprint density at radius 1 is 0.598 bits per heavy atom. The number of aryl methyl sites for hydroxylation is 2. The minimum absolute atomic E-state index is 0. The SMILES string of the molecule is CCC1=CCc2c(N)cc(C(=O)OC)cc21.CCC1=CCc2c(NS(=O)(=O)C3(CC)CC3)cc(C(=O)OC)cc21.CCCCOS(=O)(=O)CCCCl.CCc1cn2c3c(cc(C(=O)O)cc13)N(C)S(=O)(=O)C1(CC1)C2.CCc1cn2c3c(cc(C(=O)OC)cc13)N(C)S(=O)(=O)C1(CC1)C2.O=S(=O)(Cl)C1(COCc2ccccc2)CC1.[CH3-].[Pd]. The molecule has 4 saturated carbocycles. The second-order valence-electron chi connectivity index (χ2n) is 30.1. The van der Waals surface area contributed by atoms with E-state index in [2.05, 4.69) is 39.5 Å². The molecule has 2 spiro atoms. The summed E-state index contributed by atoms with van der Waals surface area (Å²) in [7, 11) is -4.71. The predicted molar refractivity (Wildman–Crippen MR) is 457 cm³/mol. The van der Waals surface area contributed by atoms with Crippen LogP contribution in [0, 0.1) is 7.43 Å². The molecule has 4 N–H and O–H groups in total. The van der Waals surface area contributed by atoms with Crippen molar-refractivity contribution in [3.05, 3.63) is 172 Å². The minimum atomic E-state index is -3.50. The monoisotopic (exact) mass is 1840 g/mol. The van der Waals surface area contributed by atoms with E-state index in [1.807, 2.05) is 87.1 Å². The number of methoxy groups -OCH3 is 3. The Hall–Kier alpha value is -7.35. The zero-order valence-electron chi connectivity index (χ0n) is 68.2. The van der Waals surface area contributed by atoms with Crippen LogP contribution in [0.3, 0.4) is 0 Å². The second-order valence-corrected chi connectivity index (χ2v) is 42.0. The van der Waals surface area contributed by atoms with E-state index >= 15 is 0 Å². The molecule has 7 aromatic rings. The molecule has 8 aliphatic rings. The zero-order valence-corrected chi connectivity index (χ0v) is 75.3. The molecule has 0 atom stereocenters. The Kier molecular flexibility index (Phi) is 31.0. The molecule has 644 valence electrons. The molecule has 15 rings (SSSR count). The first-order valence-electron chi connectivity index (χ1n) is 38.6. The number of unbranched alkanes of at least 4 members (excludes halogenated alkanes) is 1. The molecular weight excluding hydrogens is 1740 g/mol. The number of carbonyl (C=O) groups is 4. The van der Waals surface area contributed by atoms with Gasteiger partial charge in [0.2, 0.25) is 39.1 Å². The van der Waals surface area contributed by atoms with Gasteiger partial charge in [0.15, 0.2) is 0 Å². The van der Waals surface area contributed by atoms with Crippen LogP contribution in [0.5, 0.6) is 0 Å². The number of alkyl halides is 1. The maximum Gasteiger partial charge on any atom is 0.337 e. The van der Waals surface area contributed by atoms with Crippen molar-refractivity contribution in [1.82, 2.24) is 9.13 Å². The molecule has 0 saturated heterocycles. The summed E-state index contributed by atoms with van der Waals surface area (Å²) in [5, 5.41) is 11.1. The number of aromatic carboxylic acids is 1. The second kappa shape index (κ2) is 38.2. The number of nitrogens with two attached hydrogens (primary N) is 1. The van der Waals surface area contributed by atoms with E-state index in [-0.39, 0.29) is 51.7 Å². The molecule has 0 amide bonds. The van der Waals surface area contributed by atoms with Crippen LogP contribution in [0.15, 0.2) is 103 Å². The number of rotatable bonds is 24. The third-order valence-corrected chi connectivity index (χ3v) is 34.4. The first-order valence-corrected chi connectivity index (χ1v) is 47.4. The van der Waals surface area contributed by atoms with Gasteiger partial charge in [0.1, 0.15) is 14.2 Å². The first-order chi connectivity index (χ1) is 54.3. The van der Waals surface area contributed by atoms with Gasteiger partial charge in [-0.2, -0.15) is 8.42 Å². The van der Waals surface area contributed by atoms with Gasteiger partial charge < -0.3 is 46.3 Å². The summed E-state index contributed by atoms with van der Waals surface area (Å²) in [5.74, 6) is -1.92. The maximum atomic E-state index is 13.0. The van der Waals surface area contributed by atoms with Crippen molar-refractivity contribution < 1.29 is 110 Å². The Morgan fingerprint density at radius 3 is 1.47 bits per heavy atom. The number of carboxylic acid groups (broad SMARTS) is 1. The molecule has 0 radical (unpaired) electrons. The number of anilines is 4. The number of hydrogen-bond acceptors (Lipinski definition) is 20. The number of halogens is 2. The number of sulfonamides is 3. The van der Waals surface area contributed by atoms with Crippen LogP contribution in [0.25, 0.3) is 33.0 Å². The maximum absolute atomic E-state index is 13.0. The molecule has 2 aliphatic heterocycles. The Bertz CT molecular complexity index is 5560. The molecular formula is C83H107Cl2N6O20PdS5-. The van der Waals surface area contributed by atoms with Crippen molar-refractivity contribution in [2.45, 2.75) is 196 Å². The van der Waals surface area contributed by atoms with Crippen LogP contribution in [0.4, 0.5) is 22.7 Å². The topological polar surface area (TPSA) is 360 Å². The Balaban J connectivity index is 0.000000177. The number of carbonyl (C=O) groups excluding carboxylic acids is 3. The van der Waals surface area contributed by atoms with Gasteiger partial charge in [0.05, 0.1) is 102 Å². The number of ether oxygens (including phenoxy) is 4. The normalized spacial score (nSPS) is 17.4. The molecule has 6 aliphatic carbocycles. The largest absolute Gasteiger partial charge is 0.478 e. The van der Waals surface area contributed by atoms with E-state index in [9.17, 15) is 66.4 Å². The molecule has 34 heteroatoms. The van der Waals surface area contributed by atoms with Gasteiger partial charge in [0.25, 0.3) is 10.1 Å². The zero-order chi connectivity index (χ0) is 84.2. The number of nitrogens with zero attached hydrogens (tertiary/aromatic N) is 4. The molecule has 0 unspecified atom stereocenters. The van der Waals surface area contributed by atoms with E-state index in [1.54, 1.807) is 37.4 Å². The summed E-state index contributed by atoms with van der Waals surface area (Å²) in [4.78, 5) is 46.9. The molecule has 117 heavy (non-hydrogen) atoms. The van der Waals surface area contributed by atoms with Gasteiger partial charge in [-0.05, 0) is 208 Å². The number of aromatic nitrogens is 2. The number of allylic oxidation sites excluding steroid dienone is 4. The summed E-state index contributed by atoms with van der Waals surface area (Å²) in [5.41, 5.74) is 20.9. The number of nitrogen functional groups attached to an aromatic ring is 1. The van der Waals surface area contributed by atoms with Crippen LogP contribution < -0.4 is 19.1 Å². The van der Waals surface area contributed by atoms with Crippen LogP contribution in [0.1, 0.15) is 212 Å². The molecule has 4 heterocycles. The van der Waals surface area contributed by atoms with Gasteiger partial charge in [-0.15, -0.1) is 11.6 Å². The van der Waals surface area contributed by atoms with Crippen molar-refractivity contribution in [3.8, 4) is 0 Å². The van der Waals surface area contributed by atoms with Crippen molar-refractivity contribution in [3.63, 3.8) is 0 Å². The molecule has 26 nitrogen and oxygen atoms in total. The smallest absolute Gasteiger partial charge is 0.337 e. The number of carboxylic acids is 1. The van der Waals surface area contributed by atoms with E-state index < -0.39 is 86.1 Å². The Morgan fingerprint density at radius 2 is 1.05 bits per heavy atom. The summed E-state index contributed by atoms with van der Waals surface area (Å²) in [6, 6.07) is 23.2. The number of hydrogen-bond donors (Lipinski definition) is 3. The van der Waals surface area contributed by atoms with Crippen LogP contribution >= 0.6 is 22.3 Å². The summed E-state index contributed by atoms with van der Waals surface area (Å²) < 4.78 is 153. The Labute approximate surface area is 711 Å². The van der Waals surface area contributed by atoms with Gasteiger partial charge >= 0.3 is 23.9 Å². The third kappa shape index (κ3) is 20.0. The molecule has 4 fully saturated rings. The van der Waals surface area contributed by atoms with Crippen molar-refractivity contribution in [2.24, 2.45) is 0 Å². The molecule has 5 aromatic carbocycles. The fourth-order valence-corrected chi connectivity index (χ4v) is 23.2. The number of nitrogens with one attached hydrogen (secondary N) is 1. The molecule has 2 aromatic heterocycles. The van der Waals surface area contributed by atoms with Crippen LogP contribution in [-0.4, -0.2) is 159 Å². The van der Waals surface area contributed by atoms with Crippen molar-refractivity contribution in [2.75, 3.05) is 79.3 Å². The van der Waals surface area contributed by atoms with Gasteiger partial charge in [-0.1, -0.05) is 90.4 Å². The fourth-order valence-electron chi connectivity index (χ4n) is 15.0. The third-order valence-electron chi connectivity index (χ3n) is 22.8.